The lowest BCUT2D eigenvalue weighted by Gasteiger charge is -1.98. The van der Waals surface area contributed by atoms with Gasteiger partial charge in [0.1, 0.15) is 0 Å². The van der Waals surface area contributed by atoms with Crippen LogP contribution >= 0.6 is 0 Å². The Balaban J connectivity index is 3.70. The smallest absolute Gasteiger partial charge is 0.229 e. The van der Waals surface area contributed by atoms with Gasteiger partial charge in [-0.2, -0.15) is 0 Å². The first kappa shape index (κ1) is 9.81. The quantitative estimate of drug-likeness (QED) is 0.629. The van der Waals surface area contributed by atoms with Crippen molar-refractivity contribution >= 4 is 9.84 Å². The van der Waals surface area contributed by atoms with Gasteiger partial charge in [-0.05, 0) is 6.92 Å². The van der Waals surface area contributed by atoms with Crippen LogP contribution in [0.4, 0.5) is 8.78 Å². The van der Waals surface area contributed by atoms with Crippen LogP contribution in [-0.4, -0.2) is 26.3 Å². The summed E-state index contributed by atoms with van der Waals surface area (Å²) in [6.45, 7) is 3.10. The predicted octanol–water partition coefficient (Wildman–Crippen LogP) is 0.890. The minimum absolute atomic E-state index is 0.306. The zero-order chi connectivity index (χ0) is 8.20. The summed E-state index contributed by atoms with van der Waals surface area (Å²) in [5, 5.41) is 0. The van der Waals surface area contributed by atoms with Crippen LogP contribution in [0.1, 0.15) is 6.42 Å². The van der Waals surface area contributed by atoms with E-state index in [0.29, 0.717) is 0 Å². The van der Waals surface area contributed by atoms with Crippen LogP contribution in [0.5, 0.6) is 0 Å². The second kappa shape index (κ2) is 3.85. The number of rotatable bonds is 4. The molecule has 0 unspecified atom stereocenters. The molecule has 0 aliphatic rings. The molecule has 0 aliphatic heterocycles. The summed E-state index contributed by atoms with van der Waals surface area (Å²) in [5.41, 5.74) is 0. The van der Waals surface area contributed by atoms with E-state index >= 15 is 0 Å². The topological polar surface area (TPSA) is 34.1 Å². The van der Waals surface area contributed by atoms with E-state index in [4.69, 9.17) is 0 Å². The monoisotopic (exact) mass is 171 g/mol. The fourth-order valence-electron chi connectivity index (χ4n) is 0.371. The zero-order valence-corrected chi connectivity index (χ0v) is 6.20. The zero-order valence-electron chi connectivity index (χ0n) is 5.39. The highest BCUT2D eigenvalue weighted by atomic mass is 32.2. The number of hydrogen-bond acceptors (Lipinski definition) is 2. The Bertz CT molecular complexity index is 174. The first-order valence-corrected chi connectivity index (χ1v) is 4.58. The van der Waals surface area contributed by atoms with Gasteiger partial charge in [0, 0.05) is 6.42 Å². The van der Waals surface area contributed by atoms with Crippen LogP contribution in [0.3, 0.4) is 0 Å². The summed E-state index contributed by atoms with van der Waals surface area (Å²) in [4.78, 5) is 0. The van der Waals surface area contributed by atoms with Crippen molar-refractivity contribution in [2.75, 3.05) is 11.5 Å². The van der Waals surface area contributed by atoms with Crippen LogP contribution in [0, 0.1) is 6.92 Å². The number of halogens is 2. The number of hydrogen-bond donors (Lipinski definition) is 0. The molecule has 0 N–H and O–H groups in total. The lowest BCUT2D eigenvalue weighted by molar-refractivity contribution is 0.145. The van der Waals surface area contributed by atoms with Gasteiger partial charge < -0.3 is 0 Å². The normalized spacial score (nSPS) is 12.4. The first-order chi connectivity index (χ1) is 4.48. The molecule has 0 saturated carbocycles. The van der Waals surface area contributed by atoms with E-state index < -0.39 is 28.4 Å². The fourth-order valence-corrected chi connectivity index (χ4v) is 1.11. The molecule has 0 fully saturated rings. The number of alkyl halides is 2. The van der Waals surface area contributed by atoms with Crippen LogP contribution < -0.4 is 0 Å². The Hall–Kier alpha value is -0.190. The van der Waals surface area contributed by atoms with E-state index in [1.807, 2.05) is 0 Å². The van der Waals surface area contributed by atoms with Crippen molar-refractivity contribution in [3.8, 4) is 0 Å². The van der Waals surface area contributed by atoms with E-state index in [1.54, 1.807) is 0 Å². The molecule has 10 heavy (non-hydrogen) atoms. The van der Waals surface area contributed by atoms with Crippen molar-refractivity contribution in [1.82, 2.24) is 0 Å². The minimum atomic E-state index is -3.31. The van der Waals surface area contributed by atoms with E-state index in [0.717, 1.165) is 0 Å². The first-order valence-electron chi connectivity index (χ1n) is 2.76. The summed E-state index contributed by atoms with van der Waals surface area (Å²) in [6, 6.07) is 0. The third-order valence-electron chi connectivity index (χ3n) is 0.958. The van der Waals surface area contributed by atoms with Gasteiger partial charge in [0.05, 0.1) is 11.5 Å². The van der Waals surface area contributed by atoms with E-state index in [1.165, 1.54) is 0 Å². The van der Waals surface area contributed by atoms with Gasteiger partial charge >= 0.3 is 0 Å². The summed E-state index contributed by atoms with van der Waals surface area (Å²) in [7, 11) is -3.31. The highest BCUT2D eigenvalue weighted by molar-refractivity contribution is 7.91. The van der Waals surface area contributed by atoms with Crippen LogP contribution in [0.2, 0.25) is 0 Å². The summed E-state index contributed by atoms with van der Waals surface area (Å²) in [5.74, 6) is -0.770. The van der Waals surface area contributed by atoms with Crippen molar-refractivity contribution in [3.05, 3.63) is 6.92 Å². The Morgan fingerprint density at radius 1 is 1.40 bits per heavy atom. The molecule has 0 aromatic heterocycles. The van der Waals surface area contributed by atoms with Crippen molar-refractivity contribution in [3.63, 3.8) is 0 Å². The van der Waals surface area contributed by atoms with E-state index in [2.05, 4.69) is 6.92 Å². The molecule has 0 rings (SSSR count). The van der Waals surface area contributed by atoms with Crippen LogP contribution in [0.25, 0.3) is 0 Å². The number of sulfone groups is 1. The van der Waals surface area contributed by atoms with Gasteiger partial charge in [0.15, 0.2) is 9.84 Å². The second-order valence-electron chi connectivity index (χ2n) is 1.83. The Kier molecular flexibility index (Phi) is 3.78. The molecule has 5 heteroatoms. The molecule has 0 aromatic rings. The fraction of sp³-hybridized carbons (Fsp3) is 0.800. The standard InChI is InChI=1S/C5H9F2O2S/c1-2-10(8,9)4-3-5(6)7/h5H,1-4H2. The molecule has 0 heterocycles. The molecule has 0 atom stereocenters. The molecule has 0 aliphatic carbocycles. The van der Waals surface area contributed by atoms with E-state index in [9.17, 15) is 17.2 Å². The molecule has 61 valence electrons. The van der Waals surface area contributed by atoms with Crippen molar-refractivity contribution in [2.45, 2.75) is 12.8 Å². The Morgan fingerprint density at radius 2 is 1.90 bits per heavy atom. The molecular weight excluding hydrogens is 162 g/mol. The average Bonchev–Trinajstić information content (AvgIpc) is 1.85. The highest BCUT2D eigenvalue weighted by Gasteiger charge is 2.11. The molecule has 0 aromatic carbocycles. The molecule has 0 spiro atoms. The van der Waals surface area contributed by atoms with Crippen molar-refractivity contribution < 1.29 is 17.2 Å². The van der Waals surface area contributed by atoms with Gasteiger partial charge in [0.25, 0.3) is 0 Å². The van der Waals surface area contributed by atoms with Gasteiger partial charge in [-0.25, -0.2) is 17.2 Å². The Morgan fingerprint density at radius 3 is 2.20 bits per heavy atom. The molecule has 2 nitrogen and oxygen atoms in total. The van der Waals surface area contributed by atoms with Gasteiger partial charge in [-0.3, -0.25) is 0 Å². The van der Waals surface area contributed by atoms with E-state index in [-0.39, 0.29) is 5.75 Å². The lowest BCUT2D eigenvalue weighted by Crippen LogP contribution is -2.11. The predicted molar refractivity (Wildman–Crippen MR) is 34.6 cm³/mol. The van der Waals surface area contributed by atoms with Gasteiger partial charge in [-0.15, -0.1) is 0 Å². The Labute approximate surface area is 59.2 Å². The van der Waals surface area contributed by atoms with Gasteiger partial charge in [0.2, 0.25) is 6.43 Å². The summed E-state index contributed by atoms with van der Waals surface area (Å²) >= 11 is 0. The molecular formula is C5H9F2O2S. The lowest BCUT2D eigenvalue weighted by atomic mass is 10.5. The highest BCUT2D eigenvalue weighted by Crippen LogP contribution is 2.02. The van der Waals surface area contributed by atoms with Gasteiger partial charge in [-0.1, -0.05) is 0 Å². The molecule has 0 saturated heterocycles. The molecule has 0 bridgehead atoms. The second-order valence-corrected chi connectivity index (χ2v) is 4.14. The van der Waals surface area contributed by atoms with Crippen molar-refractivity contribution in [1.29, 1.82) is 0 Å². The maximum absolute atomic E-state index is 11.4. The van der Waals surface area contributed by atoms with Crippen molar-refractivity contribution in [2.24, 2.45) is 0 Å². The third-order valence-corrected chi connectivity index (χ3v) is 2.44. The van der Waals surface area contributed by atoms with Crippen LogP contribution in [-0.2, 0) is 9.84 Å². The molecule has 1 radical (unpaired) electrons. The largest absolute Gasteiger partial charge is 0.239 e. The maximum Gasteiger partial charge on any atom is 0.239 e. The maximum atomic E-state index is 11.4. The van der Waals surface area contributed by atoms with Crippen LogP contribution in [0.15, 0.2) is 0 Å². The average molecular weight is 171 g/mol. The minimum Gasteiger partial charge on any atom is -0.229 e. The molecule has 0 amide bonds. The summed E-state index contributed by atoms with van der Waals surface area (Å²) < 4.78 is 43.8. The summed E-state index contributed by atoms with van der Waals surface area (Å²) in [6.07, 6.45) is -3.13. The SMILES string of the molecule is [CH2]CS(=O)(=O)CCC(F)F. The third kappa shape index (κ3) is 4.67.